The van der Waals surface area contributed by atoms with E-state index in [4.69, 9.17) is 9.47 Å². The van der Waals surface area contributed by atoms with Crippen LogP contribution >= 0.6 is 0 Å². The minimum Gasteiger partial charge on any atom is -0.376 e. The maximum Gasteiger partial charge on any atom is 0.246 e. The third-order valence-corrected chi connectivity index (χ3v) is 2.16. The van der Waals surface area contributed by atoms with E-state index in [1.54, 1.807) is 0 Å². The van der Waals surface area contributed by atoms with Gasteiger partial charge in [0, 0.05) is 12.1 Å². The molecular weight excluding hydrogens is 234 g/mol. The molecule has 5 nitrogen and oxygen atoms in total. The molecule has 0 aromatic rings. The highest BCUT2D eigenvalue weighted by Crippen LogP contribution is 2.13. The minimum atomic E-state index is -0.354. The fourth-order valence-electron chi connectivity index (χ4n) is 1.29. The van der Waals surface area contributed by atoms with Gasteiger partial charge in [-0.1, -0.05) is 0 Å². The van der Waals surface area contributed by atoms with Gasteiger partial charge < -0.3 is 19.6 Å². The van der Waals surface area contributed by atoms with Gasteiger partial charge >= 0.3 is 0 Å². The molecule has 1 N–H and O–H groups in total. The zero-order valence-corrected chi connectivity index (χ0v) is 12.0. The van der Waals surface area contributed by atoms with Gasteiger partial charge in [-0.3, -0.25) is 4.79 Å². The molecule has 5 heteroatoms. The Labute approximate surface area is 109 Å². The molecule has 0 aromatic carbocycles. The Kier molecular flexibility index (Phi) is 7.09. The number of amides is 1. The van der Waals surface area contributed by atoms with Crippen LogP contribution in [0.1, 0.15) is 41.0 Å². The second kappa shape index (κ2) is 7.48. The van der Waals surface area contributed by atoms with Crippen LogP contribution in [-0.2, 0) is 19.1 Å². The van der Waals surface area contributed by atoms with Crippen LogP contribution in [0, 0.1) is 0 Å². The van der Waals surface area contributed by atoms with Crippen molar-refractivity contribution >= 4 is 12.2 Å². The summed E-state index contributed by atoms with van der Waals surface area (Å²) in [7, 11) is 0. The van der Waals surface area contributed by atoms with Crippen LogP contribution in [0.2, 0.25) is 0 Å². The highest BCUT2D eigenvalue weighted by molar-refractivity contribution is 5.78. The first-order valence-electron chi connectivity index (χ1n) is 6.13. The molecule has 0 spiro atoms. The average Bonchev–Trinajstić information content (AvgIpc) is 2.14. The molecule has 0 aliphatic carbocycles. The fraction of sp³-hybridized carbons (Fsp3) is 0.846. The predicted molar refractivity (Wildman–Crippen MR) is 69.4 cm³/mol. The Morgan fingerprint density at radius 2 is 1.83 bits per heavy atom. The lowest BCUT2D eigenvalue weighted by atomic mass is 10.0. The molecule has 0 fully saturated rings. The Balaban J connectivity index is 3.91. The van der Waals surface area contributed by atoms with Gasteiger partial charge in [-0.05, 0) is 41.0 Å². The van der Waals surface area contributed by atoms with E-state index in [1.807, 2.05) is 34.6 Å². The molecule has 0 saturated carbocycles. The molecular formula is C13H25NO4. The van der Waals surface area contributed by atoms with Crippen LogP contribution in [-0.4, -0.2) is 43.2 Å². The average molecular weight is 259 g/mol. The van der Waals surface area contributed by atoms with Crippen LogP contribution in [0.25, 0.3) is 0 Å². The number of aldehydes is 1. The Morgan fingerprint density at radius 3 is 2.33 bits per heavy atom. The van der Waals surface area contributed by atoms with Crippen molar-refractivity contribution in [3.8, 4) is 0 Å². The van der Waals surface area contributed by atoms with Crippen molar-refractivity contribution in [3.63, 3.8) is 0 Å². The first-order valence-corrected chi connectivity index (χ1v) is 6.13. The van der Waals surface area contributed by atoms with Crippen molar-refractivity contribution in [2.45, 2.75) is 52.2 Å². The molecule has 0 aliphatic heterocycles. The lowest BCUT2D eigenvalue weighted by Gasteiger charge is -2.28. The SMILES string of the molecule is CC(C)(CCOC(C)(C)C)NC(=O)COCC=O. The van der Waals surface area contributed by atoms with Gasteiger partial charge in [0.2, 0.25) is 5.91 Å². The van der Waals surface area contributed by atoms with Crippen LogP contribution in [0.15, 0.2) is 0 Å². The van der Waals surface area contributed by atoms with Crippen LogP contribution in [0.5, 0.6) is 0 Å². The normalized spacial score (nSPS) is 12.3. The monoisotopic (exact) mass is 259 g/mol. The second-order valence-corrected chi connectivity index (χ2v) is 5.82. The van der Waals surface area contributed by atoms with Crippen LogP contribution in [0.4, 0.5) is 0 Å². The Morgan fingerprint density at radius 1 is 1.22 bits per heavy atom. The molecule has 0 atom stereocenters. The number of carbonyl (C=O) groups is 2. The number of hydrogen-bond donors (Lipinski definition) is 1. The Hall–Kier alpha value is -0.940. The first-order chi connectivity index (χ1) is 8.16. The van der Waals surface area contributed by atoms with E-state index in [0.717, 1.165) is 0 Å². The van der Waals surface area contributed by atoms with Crippen molar-refractivity contribution in [3.05, 3.63) is 0 Å². The third kappa shape index (κ3) is 10.2. The van der Waals surface area contributed by atoms with E-state index < -0.39 is 0 Å². The van der Waals surface area contributed by atoms with E-state index in [2.05, 4.69) is 5.32 Å². The lowest BCUT2D eigenvalue weighted by Crippen LogP contribution is -2.46. The number of nitrogens with one attached hydrogen (secondary N) is 1. The van der Waals surface area contributed by atoms with E-state index in [1.165, 1.54) is 0 Å². The molecule has 0 aromatic heterocycles. The largest absolute Gasteiger partial charge is 0.376 e. The molecule has 0 bridgehead atoms. The molecule has 1 amide bonds. The maximum absolute atomic E-state index is 11.5. The standard InChI is InChI=1S/C13H25NO4/c1-12(2,3)18-8-6-13(4,5)14-11(16)10-17-9-7-15/h7H,6,8-10H2,1-5H3,(H,14,16). The summed E-state index contributed by atoms with van der Waals surface area (Å²) in [5.41, 5.74) is -0.528. The molecule has 106 valence electrons. The number of rotatable bonds is 8. The zero-order valence-electron chi connectivity index (χ0n) is 12.0. The fourth-order valence-corrected chi connectivity index (χ4v) is 1.29. The molecule has 0 heterocycles. The topological polar surface area (TPSA) is 64.6 Å². The van der Waals surface area contributed by atoms with E-state index in [0.29, 0.717) is 19.3 Å². The van der Waals surface area contributed by atoms with Crippen LogP contribution in [0.3, 0.4) is 0 Å². The molecule has 0 aliphatic rings. The minimum absolute atomic E-state index is 0.0546. The van der Waals surface area contributed by atoms with Crippen LogP contribution < -0.4 is 5.32 Å². The van der Waals surface area contributed by atoms with Crippen molar-refractivity contribution in [1.29, 1.82) is 0 Å². The lowest BCUT2D eigenvalue weighted by molar-refractivity contribution is -0.128. The summed E-state index contributed by atoms with van der Waals surface area (Å²) >= 11 is 0. The van der Waals surface area contributed by atoms with E-state index >= 15 is 0 Å². The van der Waals surface area contributed by atoms with Gasteiger partial charge in [-0.2, -0.15) is 0 Å². The highest BCUT2D eigenvalue weighted by Gasteiger charge is 2.21. The van der Waals surface area contributed by atoms with Gasteiger partial charge in [0.05, 0.1) is 5.60 Å². The van der Waals surface area contributed by atoms with Crippen molar-refractivity contribution in [2.24, 2.45) is 0 Å². The third-order valence-electron chi connectivity index (χ3n) is 2.16. The number of hydrogen-bond acceptors (Lipinski definition) is 4. The zero-order chi connectivity index (χ0) is 14.2. The van der Waals surface area contributed by atoms with Crippen molar-refractivity contribution in [2.75, 3.05) is 19.8 Å². The maximum atomic E-state index is 11.5. The molecule has 0 radical (unpaired) electrons. The number of ether oxygens (including phenoxy) is 2. The van der Waals surface area contributed by atoms with Gasteiger partial charge in [0.25, 0.3) is 0 Å². The summed E-state index contributed by atoms with van der Waals surface area (Å²) in [5, 5.41) is 2.84. The highest BCUT2D eigenvalue weighted by atomic mass is 16.5. The molecule has 0 rings (SSSR count). The predicted octanol–water partition coefficient (Wildman–Crippen LogP) is 1.30. The summed E-state index contributed by atoms with van der Waals surface area (Å²) in [6.07, 6.45) is 1.33. The summed E-state index contributed by atoms with van der Waals surface area (Å²) < 4.78 is 10.5. The van der Waals surface area contributed by atoms with Gasteiger partial charge in [0.15, 0.2) is 0 Å². The number of carbonyl (C=O) groups excluding carboxylic acids is 2. The summed E-state index contributed by atoms with van der Waals surface area (Å²) in [5.74, 6) is -0.224. The smallest absolute Gasteiger partial charge is 0.246 e. The summed E-state index contributed by atoms with van der Waals surface area (Å²) in [6.45, 7) is 10.3. The van der Waals surface area contributed by atoms with Gasteiger partial charge in [-0.15, -0.1) is 0 Å². The molecule has 0 unspecified atom stereocenters. The van der Waals surface area contributed by atoms with Crippen molar-refractivity contribution < 1.29 is 19.1 Å². The van der Waals surface area contributed by atoms with E-state index in [9.17, 15) is 9.59 Å². The summed E-state index contributed by atoms with van der Waals surface area (Å²) in [6, 6.07) is 0. The quantitative estimate of drug-likeness (QED) is 0.527. The van der Waals surface area contributed by atoms with Crippen molar-refractivity contribution in [1.82, 2.24) is 5.32 Å². The Bertz CT molecular complexity index is 269. The van der Waals surface area contributed by atoms with Gasteiger partial charge in [-0.25, -0.2) is 0 Å². The molecule has 18 heavy (non-hydrogen) atoms. The molecule has 0 saturated heterocycles. The van der Waals surface area contributed by atoms with Gasteiger partial charge in [0.1, 0.15) is 19.5 Å². The first kappa shape index (κ1) is 17.1. The van der Waals surface area contributed by atoms with E-state index in [-0.39, 0.29) is 30.3 Å². The summed E-state index contributed by atoms with van der Waals surface area (Å²) in [4.78, 5) is 21.5. The second-order valence-electron chi connectivity index (χ2n) is 5.82.